The molecule has 3 nitrogen and oxygen atoms in total. The monoisotopic (exact) mass is 242 g/mol. The molecule has 1 aliphatic carbocycles. The van der Waals surface area contributed by atoms with Crippen LogP contribution in [-0.2, 0) is 11.2 Å². The van der Waals surface area contributed by atoms with Crippen molar-refractivity contribution in [2.75, 3.05) is 5.32 Å². The molecule has 0 heterocycles. The van der Waals surface area contributed by atoms with Crippen molar-refractivity contribution in [3.63, 3.8) is 0 Å². The smallest absolute Gasteiger partial charge is 0.224 e. The van der Waals surface area contributed by atoms with Gasteiger partial charge >= 0.3 is 0 Å². The maximum atomic E-state index is 11.8. The first-order valence-corrected chi connectivity index (χ1v) is 6.53. The summed E-state index contributed by atoms with van der Waals surface area (Å²) in [5.41, 5.74) is 1.80. The minimum absolute atomic E-state index is 0.106. The van der Waals surface area contributed by atoms with Gasteiger partial charge in [0.2, 0.25) is 5.91 Å². The van der Waals surface area contributed by atoms with Gasteiger partial charge in [-0.1, -0.05) is 25.0 Å². The lowest BCUT2D eigenvalue weighted by Gasteiger charge is -2.09. The largest absolute Gasteiger partial charge is 0.326 e. The fourth-order valence-electron chi connectivity index (χ4n) is 2.49. The molecule has 0 saturated heterocycles. The Balaban J connectivity index is 1.84. The fourth-order valence-corrected chi connectivity index (χ4v) is 2.49. The fraction of sp³-hybridized carbons (Fsp3) is 0.467. The van der Waals surface area contributed by atoms with Crippen molar-refractivity contribution in [1.82, 2.24) is 0 Å². The number of amides is 1. The van der Waals surface area contributed by atoms with Gasteiger partial charge in [-0.05, 0) is 36.5 Å². The molecule has 0 aromatic heterocycles. The SMILES string of the molecule is N#CCc1ccc(NC(=O)CC2CCCC2)cc1. The predicted molar refractivity (Wildman–Crippen MR) is 71.0 cm³/mol. The van der Waals surface area contributed by atoms with Crippen molar-refractivity contribution in [3.05, 3.63) is 29.8 Å². The van der Waals surface area contributed by atoms with Crippen LogP contribution >= 0.6 is 0 Å². The van der Waals surface area contributed by atoms with E-state index in [9.17, 15) is 4.79 Å². The molecule has 0 bridgehead atoms. The number of hydrogen-bond acceptors (Lipinski definition) is 2. The van der Waals surface area contributed by atoms with E-state index in [1.54, 1.807) is 0 Å². The molecular formula is C15H18N2O. The number of benzene rings is 1. The Hall–Kier alpha value is -1.82. The number of rotatable bonds is 4. The number of nitrogens with zero attached hydrogens (tertiary/aromatic N) is 1. The highest BCUT2D eigenvalue weighted by Crippen LogP contribution is 2.27. The van der Waals surface area contributed by atoms with Crippen LogP contribution in [-0.4, -0.2) is 5.91 Å². The summed E-state index contributed by atoms with van der Waals surface area (Å²) in [5.74, 6) is 0.679. The molecule has 1 saturated carbocycles. The minimum atomic E-state index is 0.106. The van der Waals surface area contributed by atoms with Gasteiger partial charge in [-0.15, -0.1) is 0 Å². The van der Waals surface area contributed by atoms with Gasteiger partial charge in [-0.2, -0.15) is 5.26 Å². The van der Waals surface area contributed by atoms with Crippen molar-refractivity contribution >= 4 is 11.6 Å². The highest BCUT2D eigenvalue weighted by molar-refractivity contribution is 5.90. The number of anilines is 1. The summed E-state index contributed by atoms with van der Waals surface area (Å²) in [4.78, 5) is 11.8. The van der Waals surface area contributed by atoms with Crippen LogP contribution in [0, 0.1) is 17.2 Å². The predicted octanol–water partition coefficient (Wildman–Crippen LogP) is 3.27. The molecule has 1 amide bonds. The van der Waals surface area contributed by atoms with Crippen LogP contribution in [0.1, 0.15) is 37.7 Å². The van der Waals surface area contributed by atoms with Gasteiger partial charge in [0, 0.05) is 12.1 Å². The third kappa shape index (κ3) is 3.59. The van der Waals surface area contributed by atoms with Crippen LogP contribution in [0.25, 0.3) is 0 Å². The molecule has 1 aliphatic rings. The van der Waals surface area contributed by atoms with E-state index in [2.05, 4.69) is 11.4 Å². The summed E-state index contributed by atoms with van der Waals surface area (Å²) in [5, 5.41) is 11.5. The van der Waals surface area contributed by atoms with Crippen LogP contribution in [0.2, 0.25) is 0 Å². The molecule has 1 N–H and O–H groups in total. The summed E-state index contributed by atoms with van der Waals surface area (Å²) in [6, 6.07) is 9.59. The molecule has 18 heavy (non-hydrogen) atoms. The first-order chi connectivity index (χ1) is 8.78. The molecule has 0 radical (unpaired) electrons. The minimum Gasteiger partial charge on any atom is -0.326 e. The summed E-state index contributed by atoms with van der Waals surface area (Å²) in [6.07, 6.45) is 5.96. The summed E-state index contributed by atoms with van der Waals surface area (Å²) >= 11 is 0. The second-order valence-corrected chi connectivity index (χ2v) is 4.93. The van der Waals surface area contributed by atoms with Gasteiger partial charge in [-0.25, -0.2) is 0 Å². The average Bonchev–Trinajstić information content (AvgIpc) is 2.84. The Morgan fingerprint density at radius 1 is 1.28 bits per heavy atom. The van der Waals surface area contributed by atoms with Crippen molar-refractivity contribution in [2.45, 2.75) is 38.5 Å². The third-order valence-corrected chi connectivity index (χ3v) is 3.47. The van der Waals surface area contributed by atoms with Gasteiger partial charge in [0.15, 0.2) is 0 Å². The normalized spacial score (nSPS) is 15.3. The van der Waals surface area contributed by atoms with E-state index in [1.165, 1.54) is 25.7 Å². The van der Waals surface area contributed by atoms with E-state index in [0.717, 1.165) is 11.3 Å². The second kappa shape index (κ2) is 6.20. The van der Waals surface area contributed by atoms with Gasteiger partial charge in [0.25, 0.3) is 0 Å². The van der Waals surface area contributed by atoms with Crippen LogP contribution in [0.15, 0.2) is 24.3 Å². The Morgan fingerprint density at radius 3 is 2.56 bits per heavy atom. The van der Waals surface area contributed by atoms with E-state index < -0.39 is 0 Å². The quantitative estimate of drug-likeness (QED) is 0.881. The van der Waals surface area contributed by atoms with E-state index in [-0.39, 0.29) is 5.91 Å². The van der Waals surface area contributed by atoms with Crippen molar-refractivity contribution < 1.29 is 4.79 Å². The zero-order valence-corrected chi connectivity index (χ0v) is 10.5. The van der Waals surface area contributed by atoms with Crippen LogP contribution in [0.4, 0.5) is 5.69 Å². The maximum absolute atomic E-state index is 11.8. The molecule has 0 spiro atoms. The van der Waals surface area contributed by atoms with Crippen LogP contribution in [0.3, 0.4) is 0 Å². The topological polar surface area (TPSA) is 52.9 Å². The second-order valence-electron chi connectivity index (χ2n) is 4.93. The van der Waals surface area contributed by atoms with Crippen LogP contribution in [0.5, 0.6) is 0 Å². The Labute approximate surface area is 108 Å². The molecular weight excluding hydrogens is 224 g/mol. The Bertz CT molecular complexity index is 439. The Morgan fingerprint density at radius 2 is 1.94 bits per heavy atom. The van der Waals surface area contributed by atoms with E-state index in [4.69, 9.17) is 5.26 Å². The first kappa shape index (κ1) is 12.6. The first-order valence-electron chi connectivity index (χ1n) is 6.53. The van der Waals surface area contributed by atoms with E-state index >= 15 is 0 Å². The van der Waals surface area contributed by atoms with Gasteiger partial charge in [0.1, 0.15) is 0 Å². The lowest BCUT2D eigenvalue weighted by molar-refractivity contribution is -0.117. The van der Waals surface area contributed by atoms with E-state index in [1.807, 2.05) is 24.3 Å². The third-order valence-electron chi connectivity index (χ3n) is 3.47. The highest BCUT2D eigenvalue weighted by atomic mass is 16.1. The summed E-state index contributed by atoms with van der Waals surface area (Å²) < 4.78 is 0. The molecule has 2 rings (SSSR count). The van der Waals surface area contributed by atoms with Gasteiger partial charge in [0.05, 0.1) is 12.5 Å². The number of nitriles is 1. The average molecular weight is 242 g/mol. The molecule has 0 atom stereocenters. The maximum Gasteiger partial charge on any atom is 0.224 e. The highest BCUT2D eigenvalue weighted by Gasteiger charge is 2.18. The van der Waals surface area contributed by atoms with Crippen molar-refractivity contribution in [1.29, 1.82) is 5.26 Å². The van der Waals surface area contributed by atoms with Crippen molar-refractivity contribution in [3.8, 4) is 6.07 Å². The molecule has 94 valence electrons. The number of carbonyl (C=O) groups excluding carboxylic acids is 1. The molecule has 1 fully saturated rings. The summed E-state index contributed by atoms with van der Waals surface area (Å²) in [7, 11) is 0. The summed E-state index contributed by atoms with van der Waals surface area (Å²) in [6.45, 7) is 0. The number of hydrogen-bond donors (Lipinski definition) is 1. The van der Waals surface area contributed by atoms with Crippen LogP contribution < -0.4 is 5.32 Å². The molecule has 0 aliphatic heterocycles. The zero-order chi connectivity index (χ0) is 12.8. The standard InChI is InChI=1S/C15H18N2O/c16-10-9-12-5-7-14(8-6-12)17-15(18)11-13-3-1-2-4-13/h5-8,13H,1-4,9,11H2,(H,17,18). The van der Waals surface area contributed by atoms with Gasteiger partial charge in [-0.3, -0.25) is 4.79 Å². The molecule has 0 unspecified atom stereocenters. The number of nitrogens with one attached hydrogen (secondary N) is 1. The van der Waals surface area contributed by atoms with E-state index in [0.29, 0.717) is 18.8 Å². The van der Waals surface area contributed by atoms with Gasteiger partial charge < -0.3 is 5.32 Å². The Kier molecular flexibility index (Phi) is 4.35. The number of carbonyl (C=O) groups is 1. The lowest BCUT2D eigenvalue weighted by atomic mass is 10.0. The molecule has 3 heteroatoms. The van der Waals surface area contributed by atoms with Crippen molar-refractivity contribution in [2.24, 2.45) is 5.92 Å². The molecule has 1 aromatic rings. The lowest BCUT2D eigenvalue weighted by Crippen LogP contribution is -2.15. The zero-order valence-electron chi connectivity index (χ0n) is 10.5. The molecule has 1 aromatic carbocycles.